The van der Waals surface area contributed by atoms with Gasteiger partial charge in [0.1, 0.15) is 17.2 Å². The zero-order chi connectivity index (χ0) is 23.4. The van der Waals surface area contributed by atoms with Crippen molar-refractivity contribution in [1.29, 1.82) is 0 Å². The number of thiazole rings is 1. The molecule has 1 amide bonds. The number of piperidine rings is 1. The molecule has 0 unspecified atom stereocenters. The molecule has 1 aliphatic rings. The molecule has 0 bridgehead atoms. The maximum absolute atomic E-state index is 13.2. The van der Waals surface area contributed by atoms with Crippen LogP contribution in [0.2, 0.25) is 0 Å². The highest BCUT2D eigenvalue weighted by molar-refractivity contribution is 7.18. The van der Waals surface area contributed by atoms with Crippen LogP contribution < -0.4 is 5.32 Å². The monoisotopic (exact) mass is 468 g/mol. The van der Waals surface area contributed by atoms with Gasteiger partial charge in [-0.1, -0.05) is 23.5 Å². The van der Waals surface area contributed by atoms with Crippen LogP contribution in [0.3, 0.4) is 0 Å². The summed E-state index contributed by atoms with van der Waals surface area (Å²) in [6, 6.07) is 10.5. The van der Waals surface area contributed by atoms with Crippen molar-refractivity contribution in [2.24, 2.45) is 5.92 Å². The Balaban J connectivity index is 1.32. The highest BCUT2D eigenvalue weighted by atomic mass is 32.1. The van der Waals surface area contributed by atoms with Gasteiger partial charge in [-0.15, -0.1) is 0 Å². The van der Waals surface area contributed by atoms with Gasteiger partial charge in [0.15, 0.2) is 5.13 Å². The summed E-state index contributed by atoms with van der Waals surface area (Å²) >= 11 is 1.50. The van der Waals surface area contributed by atoms with E-state index in [9.17, 15) is 9.18 Å². The number of nitrogens with zero attached hydrogens (tertiary/aromatic N) is 3. The predicted octanol–water partition coefficient (Wildman–Crippen LogP) is 6.28. The molecule has 1 N–H and O–H groups in total. The third kappa shape index (κ3) is 6.51. The summed E-state index contributed by atoms with van der Waals surface area (Å²) in [4.78, 5) is 23.9. The number of hydrogen-bond acceptors (Lipinski definition) is 6. The maximum Gasteiger partial charge on any atom is 0.410 e. The van der Waals surface area contributed by atoms with Crippen molar-refractivity contribution in [3.8, 4) is 10.4 Å². The first-order valence-corrected chi connectivity index (χ1v) is 12.0. The van der Waals surface area contributed by atoms with Crippen LogP contribution in [0.15, 0.2) is 48.8 Å². The number of rotatable bonds is 5. The second-order valence-corrected chi connectivity index (χ2v) is 10.4. The number of pyridine rings is 1. The van der Waals surface area contributed by atoms with Gasteiger partial charge < -0.3 is 15.0 Å². The number of aromatic nitrogens is 2. The summed E-state index contributed by atoms with van der Waals surface area (Å²) in [7, 11) is 0. The largest absolute Gasteiger partial charge is 0.444 e. The Morgan fingerprint density at radius 2 is 1.91 bits per heavy atom. The van der Waals surface area contributed by atoms with E-state index in [1.807, 2.05) is 37.9 Å². The third-order valence-corrected chi connectivity index (χ3v) is 6.45. The topological polar surface area (TPSA) is 67.3 Å². The van der Waals surface area contributed by atoms with Gasteiger partial charge in [0.2, 0.25) is 0 Å². The summed E-state index contributed by atoms with van der Waals surface area (Å²) in [6.45, 7) is 7.12. The number of ether oxygens (including phenoxy) is 1. The van der Waals surface area contributed by atoms with E-state index >= 15 is 0 Å². The Hall–Kier alpha value is -3.00. The first-order chi connectivity index (χ1) is 15.7. The molecule has 174 valence electrons. The third-order valence-electron chi connectivity index (χ3n) is 5.48. The van der Waals surface area contributed by atoms with E-state index in [2.05, 4.69) is 21.4 Å². The summed E-state index contributed by atoms with van der Waals surface area (Å²) < 4.78 is 18.6. The van der Waals surface area contributed by atoms with Crippen LogP contribution in [-0.2, 0) is 11.2 Å². The molecule has 33 heavy (non-hydrogen) atoms. The molecule has 4 rings (SSSR count). The smallest absolute Gasteiger partial charge is 0.410 e. The summed E-state index contributed by atoms with van der Waals surface area (Å²) in [5.74, 6) is 1.01. The lowest BCUT2D eigenvalue weighted by Gasteiger charge is -2.33. The number of nitrogens with one attached hydrogen (secondary N) is 1. The van der Waals surface area contributed by atoms with Crippen LogP contribution in [0.5, 0.6) is 0 Å². The van der Waals surface area contributed by atoms with Crippen LogP contribution in [0.1, 0.15) is 39.2 Å². The SMILES string of the molecule is CC(C)(C)OC(=O)N1CCC(Cc2ccnc(Nc3ncc(-c4ccc(F)cc4)s3)c2)CC1. The molecule has 0 atom stereocenters. The Bertz CT molecular complexity index is 1090. The maximum atomic E-state index is 13.2. The Morgan fingerprint density at radius 3 is 2.61 bits per heavy atom. The quantitative estimate of drug-likeness (QED) is 0.477. The highest BCUT2D eigenvalue weighted by Gasteiger charge is 2.27. The molecule has 0 spiro atoms. The average molecular weight is 469 g/mol. The van der Waals surface area contributed by atoms with E-state index in [-0.39, 0.29) is 11.9 Å². The van der Waals surface area contributed by atoms with Crippen LogP contribution in [0.4, 0.5) is 20.1 Å². The Kier molecular flexibility index (Phi) is 6.93. The molecule has 1 aromatic carbocycles. The summed E-state index contributed by atoms with van der Waals surface area (Å²) in [6.07, 6.45) is 6.22. The van der Waals surface area contributed by atoms with Crippen LogP contribution in [0.25, 0.3) is 10.4 Å². The molecule has 2 aromatic heterocycles. The number of benzene rings is 1. The number of halogens is 1. The molecule has 1 saturated heterocycles. The van der Waals surface area contributed by atoms with Gasteiger partial charge in [0.25, 0.3) is 0 Å². The molecule has 1 fully saturated rings. The van der Waals surface area contributed by atoms with Gasteiger partial charge >= 0.3 is 6.09 Å². The van der Waals surface area contributed by atoms with Crippen molar-refractivity contribution in [3.63, 3.8) is 0 Å². The van der Waals surface area contributed by atoms with E-state index in [0.717, 1.165) is 53.7 Å². The van der Waals surface area contributed by atoms with E-state index < -0.39 is 5.60 Å². The van der Waals surface area contributed by atoms with E-state index in [0.29, 0.717) is 5.92 Å². The van der Waals surface area contributed by atoms with Gasteiger partial charge in [0, 0.05) is 25.5 Å². The normalized spacial score (nSPS) is 14.8. The second kappa shape index (κ2) is 9.87. The number of likely N-dealkylation sites (tertiary alicyclic amines) is 1. The lowest BCUT2D eigenvalue weighted by atomic mass is 9.90. The number of anilines is 2. The number of carbonyl (C=O) groups is 1. The van der Waals surface area contributed by atoms with Crippen molar-refractivity contribution in [3.05, 3.63) is 60.2 Å². The van der Waals surface area contributed by atoms with Crippen LogP contribution >= 0.6 is 11.3 Å². The van der Waals surface area contributed by atoms with E-state index in [1.165, 1.54) is 29.0 Å². The molecule has 1 aliphatic heterocycles. The van der Waals surface area contributed by atoms with Crippen LogP contribution in [0, 0.1) is 11.7 Å². The molecule has 3 aromatic rings. The van der Waals surface area contributed by atoms with Gasteiger partial charge in [-0.3, -0.25) is 0 Å². The first-order valence-electron chi connectivity index (χ1n) is 11.2. The van der Waals surface area contributed by atoms with E-state index in [4.69, 9.17) is 4.74 Å². The molecule has 0 radical (unpaired) electrons. The lowest BCUT2D eigenvalue weighted by Crippen LogP contribution is -2.42. The molecule has 8 heteroatoms. The molecule has 6 nitrogen and oxygen atoms in total. The first kappa shape index (κ1) is 23.2. The number of hydrogen-bond donors (Lipinski definition) is 1. The van der Waals surface area contributed by atoms with Crippen molar-refractivity contribution in [2.45, 2.75) is 45.6 Å². The fourth-order valence-electron chi connectivity index (χ4n) is 3.84. The highest BCUT2D eigenvalue weighted by Crippen LogP contribution is 2.31. The Labute approximate surface area is 197 Å². The average Bonchev–Trinajstić information content (AvgIpc) is 3.22. The standard InChI is InChI=1S/C25H29FN4O2S/c1-25(2,3)32-24(31)30-12-9-17(10-13-30)14-18-8-11-27-22(15-18)29-23-28-16-21(33-23)19-4-6-20(26)7-5-19/h4-8,11,15-17H,9-10,12-14H2,1-3H3,(H,27,28,29). The fraction of sp³-hybridized carbons (Fsp3) is 0.400. The van der Waals surface area contributed by atoms with Crippen LogP contribution in [-0.4, -0.2) is 39.7 Å². The van der Waals surface area contributed by atoms with Crippen molar-refractivity contribution >= 4 is 28.4 Å². The summed E-state index contributed by atoms with van der Waals surface area (Å²) in [5.41, 5.74) is 1.67. The fourth-order valence-corrected chi connectivity index (χ4v) is 4.67. The predicted molar refractivity (Wildman–Crippen MR) is 129 cm³/mol. The molecular formula is C25H29FN4O2S. The van der Waals surface area contributed by atoms with Gasteiger partial charge in [0.05, 0.1) is 4.88 Å². The minimum absolute atomic E-state index is 0.222. The molecular weight excluding hydrogens is 439 g/mol. The van der Waals surface area contributed by atoms with Crippen molar-refractivity contribution < 1.29 is 13.9 Å². The lowest BCUT2D eigenvalue weighted by molar-refractivity contribution is 0.0184. The van der Waals surface area contributed by atoms with Gasteiger partial charge in [-0.2, -0.15) is 0 Å². The minimum Gasteiger partial charge on any atom is -0.444 e. The van der Waals surface area contributed by atoms with E-state index in [1.54, 1.807) is 18.3 Å². The molecule has 0 saturated carbocycles. The minimum atomic E-state index is -0.467. The van der Waals surface area contributed by atoms with Gasteiger partial charge in [-0.25, -0.2) is 19.2 Å². The van der Waals surface area contributed by atoms with Crippen molar-refractivity contribution in [2.75, 3.05) is 18.4 Å². The second-order valence-electron chi connectivity index (χ2n) is 9.33. The van der Waals surface area contributed by atoms with Crippen molar-refractivity contribution in [1.82, 2.24) is 14.9 Å². The zero-order valence-corrected chi connectivity index (χ0v) is 20.0. The Morgan fingerprint density at radius 1 is 1.18 bits per heavy atom. The summed E-state index contributed by atoms with van der Waals surface area (Å²) in [5, 5.41) is 4.02. The zero-order valence-electron chi connectivity index (χ0n) is 19.2. The molecule has 3 heterocycles. The number of carbonyl (C=O) groups excluding carboxylic acids is 1. The number of amides is 1. The van der Waals surface area contributed by atoms with Gasteiger partial charge in [-0.05, 0) is 81.3 Å². The molecule has 0 aliphatic carbocycles.